The van der Waals surface area contributed by atoms with Crippen molar-refractivity contribution in [3.8, 4) is 0 Å². The maximum atomic E-state index is 13.3. The second kappa shape index (κ2) is 6.91. The normalized spacial score (nSPS) is 17.9. The molecule has 0 fully saturated rings. The minimum Gasteiger partial charge on any atom is -0.463 e. The van der Waals surface area contributed by atoms with Crippen LogP contribution in [0.25, 0.3) is 0 Å². The number of esters is 1. The Kier molecular flexibility index (Phi) is 5.10. The first-order chi connectivity index (χ1) is 11.6. The number of non-ortho nitro benzene ring substituents is 1. The number of carbonyl (C=O) groups excluding carboxylic acids is 2. The molecule has 0 saturated carbocycles. The average molecular weight is 358 g/mol. The minimum absolute atomic E-state index is 0.144. The number of rotatable bonds is 4. The van der Waals surface area contributed by atoms with E-state index in [0.29, 0.717) is 0 Å². The Balaban J connectivity index is 2.57. The number of alkyl halides is 3. The fourth-order valence-corrected chi connectivity index (χ4v) is 2.51. The highest BCUT2D eigenvalue weighted by Gasteiger charge is 2.45. The van der Waals surface area contributed by atoms with Crippen molar-refractivity contribution >= 4 is 17.6 Å². The van der Waals surface area contributed by atoms with Crippen LogP contribution in [0.15, 0.2) is 35.5 Å². The molecule has 0 saturated heterocycles. The van der Waals surface area contributed by atoms with Crippen LogP contribution in [-0.2, 0) is 14.3 Å². The van der Waals surface area contributed by atoms with Gasteiger partial charge in [-0.05, 0) is 12.5 Å². The summed E-state index contributed by atoms with van der Waals surface area (Å²) in [6.45, 7) is 1.29. The number of nitrogens with zero attached hydrogens (tertiary/aromatic N) is 1. The number of ether oxygens (including phenoxy) is 1. The van der Waals surface area contributed by atoms with Crippen molar-refractivity contribution in [3.63, 3.8) is 0 Å². The van der Waals surface area contributed by atoms with Gasteiger partial charge in [-0.2, -0.15) is 13.2 Å². The Morgan fingerprint density at radius 3 is 2.44 bits per heavy atom. The minimum atomic E-state index is -4.96. The lowest BCUT2D eigenvalue weighted by Gasteiger charge is -2.28. The molecule has 1 heterocycles. The number of allylic oxidation sites excluding steroid dienone is 1. The van der Waals surface area contributed by atoms with Gasteiger partial charge in [0.2, 0.25) is 5.91 Å². The molecule has 0 spiro atoms. The molecule has 1 aromatic rings. The zero-order chi connectivity index (χ0) is 18.8. The number of halogens is 3. The Hall–Kier alpha value is -2.91. The fraction of sp³-hybridized carbons (Fsp3) is 0.333. The summed E-state index contributed by atoms with van der Waals surface area (Å²) < 4.78 is 44.5. The average Bonchev–Trinajstić information content (AvgIpc) is 2.53. The first-order valence-electron chi connectivity index (χ1n) is 7.17. The predicted molar refractivity (Wildman–Crippen MR) is 78.3 cm³/mol. The Labute approximate surface area is 139 Å². The molecule has 134 valence electrons. The van der Waals surface area contributed by atoms with Crippen LogP contribution in [0.2, 0.25) is 0 Å². The van der Waals surface area contributed by atoms with Gasteiger partial charge in [-0.3, -0.25) is 14.9 Å². The molecular weight excluding hydrogens is 345 g/mol. The van der Waals surface area contributed by atoms with E-state index in [1.54, 1.807) is 5.32 Å². The van der Waals surface area contributed by atoms with Crippen LogP contribution in [0.5, 0.6) is 0 Å². The molecule has 0 aliphatic carbocycles. The maximum absolute atomic E-state index is 13.3. The lowest BCUT2D eigenvalue weighted by Crippen LogP contribution is -2.41. The zero-order valence-electron chi connectivity index (χ0n) is 12.9. The van der Waals surface area contributed by atoms with Gasteiger partial charge in [-0.1, -0.05) is 12.1 Å². The third kappa shape index (κ3) is 3.95. The monoisotopic (exact) mass is 358 g/mol. The van der Waals surface area contributed by atoms with Crippen molar-refractivity contribution in [2.24, 2.45) is 0 Å². The van der Waals surface area contributed by atoms with Gasteiger partial charge in [0, 0.05) is 24.5 Å². The summed E-state index contributed by atoms with van der Waals surface area (Å²) in [7, 11) is 0. The number of nitro benzene ring substituents is 1. The molecule has 7 nitrogen and oxygen atoms in total. The van der Waals surface area contributed by atoms with Crippen LogP contribution in [-0.4, -0.2) is 29.6 Å². The molecule has 1 aliphatic rings. The molecule has 1 amide bonds. The van der Waals surface area contributed by atoms with E-state index in [1.807, 2.05) is 0 Å². The SMILES string of the molecule is CCOC(=O)C1=C(C(F)(F)F)NC(=O)C[C@H]1c1ccc([N+](=O)[O-])cc1. The molecule has 1 atom stereocenters. The van der Waals surface area contributed by atoms with Crippen LogP contribution in [0, 0.1) is 10.1 Å². The molecular formula is C15H13F3N2O5. The Morgan fingerprint density at radius 2 is 1.96 bits per heavy atom. The molecule has 10 heteroatoms. The van der Waals surface area contributed by atoms with E-state index in [0.717, 1.165) is 12.1 Å². The summed E-state index contributed by atoms with van der Waals surface area (Å²) in [6.07, 6.45) is -5.37. The van der Waals surface area contributed by atoms with E-state index in [2.05, 4.69) is 0 Å². The molecule has 0 aromatic heterocycles. The fourth-order valence-electron chi connectivity index (χ4n) is 2.51. The van der Waals surface area contributed by atoms with Crippen LogP contribution >= 0.6 is 0 Å². The Bertz CT molecular complexity index is 741. The van der Waals surface area contributed by atoms with Gasteiger partial charge in [-0.25, -0.2) is 4.79 Å². The van der Waals surface area contributed by atoms with Gasteiger partial charge >= 0.3 is 12.1 Å². The first-order valence-corrected chi connectivity index (χ1v) is 7.17. The van der Waals surface area contributed by atoms with Gasteiger partial charge in [-0.15, -0.1) is 0 Å². The summed E-state index contributed by atoms with van der Waals surface area (Å²) >= 11 is 0. The number of amides is 1. The highest BCUT2D eigenvalue weighted by molar-refractivity contribution is 5.96. The molecule has 1 N–H and O–H groups in total. The van der Waals surface area contributed by atoms with E-state index >= 15 is 0 Å². The number of benzene rings is 1. The highest BCUT2D eigenvalue weighted by atomic mass is 19.4. The molecule has 0 radical (unpaired) electrons. The van der Waals surface area contributed by atoms with E-state index in [-0.39, 0.29) is 17.9 Å². The van der Waals surface area contributed by atoms with E-state index in [4.69, 9.17) is 4.74 Å². The number of hydrogen-bond acceptors (Lipinski definition) is 5. The summed E-state index contributed by atoms with van der Waals surface area (Å²) in [4.78, 5) is 33.8. The second-order valence-corrected chi connectivity index (χ2v) is 5.16. The molecule has 1 aliphatic heterocycles. The third-order valence-electron chi connectivity index (χ3n) is 3.56. The number of nitro groups is 1. The van der Waals surface area contributed by atoms with Crippen molar-refractivity contribution in [3.05, 3.63) is 51.2 Å². The topological polar surface area (TPSA) is 98.5 Å². The largest absolute Gasteiger partial charge is 0.463 e. The van der Waals surface area contributed by atoms with E-state index < -0.39 is 46.6 Å². The summed E-state index contributed by atoms with van der Waals surface area (Å²) in [5.74, 6) is -3.33. The van der Waals surface area contributed by atoms with Gasteiger partial charge in [0.05, 0.1) is 17.1 Å². The first kappa shape index (κ1) is 18.4. The van der Waals surface area contributed by atoms with Crippen molar-refractivity contribution in [2.75, 3.05) is 6.61 Å². The van der Waals surface area contributed by atoms with Crippen LogP contribution in [0.1, 0.15) is 24.8 Å². The summed E-state index contributed by atoms with van der Waals surface area (Å²) in [6, 6.07) is 4.62. The smallest absolute Gasteiger partial charge is 0.431 e. The lowest BCUT2D eigenvalue weighted by molar-refractivity contribution is -0.384. The molecule has 2 rings (SSSR count). The van der Waals surface area contributed by atoms with E-state index in [1.165, 1.54) is 19.1 Å². The van der Waals surface area contributed by atoms with Gasteiger partial charge in [0.1, 0.15) is 5.70 Å². The standard InChI is InChI=1S/C15H13F3N2O5/c1-2-25-14(22)12-10(7-11(21)19-13(12)15(16,17)18)8-3-5-9(6-4-8)20(23)24/h3-6,10H,2,7H2,1H3,(H,19,21)/t10-/m0/s1. The zero-order valence-corrected chi connectivity index (χ0v) is 12.9. The van der Waals surface area contributed by atoms with E-state index in [9.17, 15) is 32.9 Å². The Morgan fingerprint density at radius 1 is 1.36 bits per heavy atom. The highest BCUT2D eigenvalue weighted by Crippen LogP contribution is 2.39. The second-order valence-electron chi connectivity index (χ2n) is 5.16. The van der Waals surface area contributed by atoms with Crippen molar-refractivity contribution < 1.29 is 32.4 Å². The summed E-state index contributed by atoms with van der Waals surface area (Å²) in [5.41, 5.74) is -2.28. The molecule has 25 heavy (non-hydrogen) atoms. The van der Waals surface area contributed by atoms with Crippen molar-refractivity contribution in [1.82, 2.24) is 5.32 Å². The molecule has 1 aromatic carbocycles. The quantitative estimate of drug-likeness (QED) is 0.507. The van der Waals surface area contributed by atoms with Gasteiger partial charge in [0.25, 0.3) is 5.69 Å². The lowest BCUT2D eigenvalue weighted by atomic mass is 9.84. The molecule has 0 unspecified atom stereocenters. The van der Waals surface area contributed by atoms with Crippen LogP contribution in [0.4, 0.5) is 18.9 Å². The predicted octanol–water partition coefficient (Wildman–Crippen LogP) is 2.58. The van der Waals surface area contributed by atoms with Crippen molar-refractivity contribution in [1.29, 1.82) is 0 Å². The summed E-state index contributed by atoms with van der Waals surface area (Å²) in [5, 5.41) is 12.4. The number of hydrogen-bond donors (Lipinski definition) is 1. The number of carbonyl (C=O) groups is 2. The molecule has 0 bridgehead atoms. The number of nitrogens with one attached hydrogen (secondary N) is 1. The van der Waals surface area contributed by atoms with Gasteiger partial charge in [0.15, 0.2) is 0 Å². The van der Waals surface area contributed by atoms with Crippen molar-refractivity contribution in [2.45, 2.75) is 25.4 Å². The third-order valence-corrected chi connectivity index (χ3v) is 3.56. The van der Waals surface area contributed by atoms with Crippen LogP contribution < -0.4 is 5.32 Å². The van der Waals surface area contributed by atoms with Crippen LogP contribution in [0.3, 0.4) is 0 Å². The van der Waals surface area contributed by atoms with Gasteiger partial charge < -0.3 is 10.1 Å². The maximum Gasteiger partial charge on any atom is 0.431 e.